The van der Waals surface area contributed by atoms with E-state index < -0.39 is 10.8 Å². The van der Waals surface area contributed by atoms with E-state index in [1.807, 2.05) is 0 Å². The lowest BCUT2D eigenvalue weighted by molar-refractivity contribution is -0.402. The van der Waals surface area contributed by atoms with Crippen LogP contribution in [0.3, 0.4) is 0 Å². The molecule has 0 aliphatic carbocycles. The molecule has 1 heterocycles. The zero-order valence-electron chi connectivity index (χ0n) is 6.85. The first-order valence-electron chi connectivity index (χ1n) is 3.41. The van der Waals surface area contributed by atoms with Gasteiger partial charge in [0.05, 0.1) is 11.8 Å². The van der Waals surface area contributed by atoms with Gasteiger partial charge in [-0.3, -0.25) is 14.9 Å². The number of Topliss-reactive ketones (excluding diaryl/α,β-unsaturated/α-hetero) is 1. The summed E-state index contributed by atoms with van der Waals surface area (Å²) < 4.78 is 4.70. The van der Waals surface area contributed by atoms with Gasteiger partial charge in [0.1, 0.15) is 4.92 Å². The number of hydrogen-bond acceptors (Lipinski definition) is 5. The van der Waals surface area contributed by atoms with Gasteiger partial charge in [0.25, 0.3) is 0 Å². The number of carbonyl (C=O) groups is 1. The van der Waals surface area contributed by atoms with Crippen LogP contribution in [0.4, 0.5) is 5.88 Å². The minimum absolute atomic E-state index is 0.0426. The maximum Gasteiger partial charge on any atom is 0.433 e. The van der Waals surface area contributed by atoms with Crippen molar-refractivity contribution in [3.05, 3.63) is 28.0 Å². The lowest BCUT2D eigenvalue weighted by Crippen LogP contribution is -1.99. The van der Waals surface area contributed by atoms with E-state index in [1.165, 1.54) is 23.9 Å². The molecule has 1 rings (SSSR count). The Balaban J connectivity index is 2.79. The van der Waals surface area contributed by atoms with Crippen molar-refractivity contribution in [1.82, 2.24) is 0 Å². The number of ketones is 1. The molecule has 13 heavy (non-hydrogen) atoms. The molecule has 0 aliphatic heterocycles. The number of furan rings is 1. The molecule has 0 unspecified atom stereocenters. The fraction of sp³-hybridized carbons (Fsp3) is 0.286. The Labute approximate surface area is 78.3 Å². The summed E-state index contributed by atoms with van der Waals surface area (Å²) in [6.07, 6.45) is 1.77. The number of thioether (sulfide) groups is 1. The molecule has 0 spiro atoms. The van der Waals surface area contributed by atoms with Crippen molar-refractivity contribution >= 4 is 23.4 Å². The van der Waals surface area contributed by atoms with Crippen LogP contribution in [-0.4, -0.2) is 22.7 Å². The Morgan fingerprint density at radius 3 is 2.85 bits per heavy atom. The Bertz CT molecular complexity index is 333. The monoisotopic (exact) mass is 201 g/mol. The average molecular weight is 201 g/mol. The van der Waals surface area contributed by atoms with Gasteiger partial charge in [-0.2, -0.15) is 11.8 Å². The molecule has 0 bridgehead atoms. The third kappa shape index (κ3) is 2.32. The molecule has 0 fully saturated rings. The molecule has 5 nitrogen and oxygen atoms in total. The molecule has 0 amide bonds. The predicted octanol–water partition coefficient (Wildman–Crippen LogP) is 1.73. The minimum atomic E-state index is -0.671. The van der Waals surface area contributed by atoms with E-state index in [1.54, 1.807) is 6.26 Å². The van der Waals surface area contributed by atoms with E-state index in [4.69, 9.17) is 4.42 Å². The van der Waals surface area contributed by atoms with E-state index in [0.29, 0.717) is 0 Å². The van der Waals surface area contributed by atoms with Crippen molar-refractivity contribution in [2.75, 3.05) is 12.0 Å². The van der Waals surface area contributed by atoms with Crippen molar-refractivity contribution in [2.45, 2.75) is 0 Å². The predicted molar refractivity (Wildman–Crippen MR) is 48.1 cm³/mol. The van der Waals surface area contributed by atoms with Gasteiger partial charge >= 0.3 is 5.88 Å². The van der Waals surface area contributed by atoms with Crippen LogP contribution in [0.15, 0.2) is 16.5 Å². The number of nitrogens with zero attached hydrogens (tertiary/aromatic N) is 1. The van der Waals surface area contributed by atoms with E-state index in [0.717, 1.165) is 0 Å². The lowest BCUT2D eigenvalue weighted by Gasteiger charge is -1.90. The second-order valence-corrected chi connectivity index (χ2v) is 3.12. The number of rotatable bonds is 4. The Kier molecular flexibility index (Phi) is 3.07. The van der Waals surface area contributed by atoms with Crippen LogP contribution in [-0.2, 0) is 0 Å². The summed E-state index contributed by atoms with van der Waals surface area (Å²) in [5.41, 5.74) is 0. The normalized spacial score (nSPS) is 9.92. The highest BCUT2D eigenvalue weighted by atomic mass is 32.2. The van der Waals surface area contributed by atoms with Crippen LogP contribution >= 0.6 is 11.8 Å². The Hall–Kier alpha value is -1.30. The van der Waals surface area contributed by atoms with Gasteiger partial charge in [-0.05, 0) is 12.3 Å². The highest BCUT2D eigenvalue weighted by Crippen LogP contribution is 2.16. The Morgan fingerprint density at radius 1 is 1.69 bits per heavy atom. The fourth-order valence-electron chi connectivity index (χ4n) is 0.778. The van der Waals surface area contributed by atoms with Crippen molar-refractivity contribution < 1.29 is 14.1 Å². The van der Waals surface area contributed by atoms with Crippen molar-refractivity contribution in [2.24, 2.45) is 0 Å². The molecule has 1 aromatic rings. The molecule has 0 saturated carbocycles. The zero-order valence-corrected chi connectivity index (χ0v) is 7.67. The average Bonchev–Trinajstić information content (AvgIpc) is 2.52. The molecule has 70 valence electrons. The SMILES string of the molecule is CSCC(=O)c1ccc([N+](=O)[O-])o1. The third-order valence-electron chi connectivity index (χ3n) is 1.32. The molecule has 0 atom stereocenters. The molecule has 0 radical (unpaired) electrons. The summed E-state index contributed by atoms with van der Waals surface area (Å²) in [6.45, 7) is 0. The molecular weight excluding hydrogens is 194 g/mol. The molecule has 0 aromatic carbocycles. The van der Waals surface area contributed by atoms with E-state index >= 15 is 0 Å². The molecule has 0 N–H and O–H groups in total. The first-order chi connectivity index (χ1) is 6.15. The number of hydrogen-bond donors (Lipinski definition) is 0. The maximum atomic E-state index is 11.1. The van der Waals surface area contributed by atoms with Crippen molar-refractivity contribution in [3.8, 4) is 0 Å². The van der Waals surface area contributed by atoms with E-state index in [-0.39, 0.29) is 17.3 Å². The quantitative estimate of drug-likeness (QED) is 0.421. The second-order valence-electron chi connectivity index (χ2n) is 2.25. The van der Waals surface area contributed by atoms with Crippen LogP contribution in [0.1, 0.15) is 10.6 Å². The van der Waals surface area contributed by atoms with Crippen LogP contribution in [0, 0.1) is 10.1 Å². The lowest BCUT2D eigenvalue weighted by atomic mass is 10.3. The van der Waals surface area contributed by atoms with Gasteiger partial charge in [0, 0.05) is 0 Å². The summed E-state index contributed by atoms with van der Waals surface area (Å²) in [5, 5.41) is 10.2. The molecule has 1 aromatic heterocycles. The first-order valence-corrected chi connectivity index (χ1v) is 4.81. The molecule has 0 aliphatic rings. The third-order valence-corrected chi connectivity index (χ3v) is 1.87. The summed E-state index contributed by atoms with van der Waals surface area (Å²) >= 11 is 1.34. The standard InChI is InChI=1S/C7H7NO4S/c1-13-4-5(9)6-2-3-7(12-6)8(10)11/h2-3H,4H2,1H3. The topological polar surface area (TPSA) is 73.3 Å². The van der Waals surface area contributed by atoms with Crippen LogP contribution in [0.25, 0.3) is 0 Å². The number of carbonyl (C=O) groups excluding carboxylic acids is 1. The molecular formula is C7H7NO4S. The van der Waals surface area contributed by atoms with Crippen molar-refractivity contribution in [1.29, 1.82) is 0 Å². The van der Waals surface area contributed by atoms with Gasteiger partial charge in [0.15, 0.2) is 5.76 Å². The highest BCUT2D eigenvalue weighted by Gasteiger charge is 2.16. The summed E-state index contributed by atoms with van der Waals surface area (Å²) in [7, 11) is 0. The largest absolute Gasteiger partial charge is 0.433 e. The number of nitro groups is 1. The van der Waals surface area contributed by atoms with Crippen LogP contribution in [0.5, 0.6) is 0 Å². The maximum absolute atomic E-state index is 11.1. The van der Waals surface area contributed by atoms with Crippen LogP contribution in [0.2, 0.25) is 0 Å². The zero-order chi connectivity index (χ0) is 9.84. The fourth-order valence-corrected chi connectivity index (χ4v) is 1.18. The summed E-state index contributed by atoms with van der Waals surface area (Å²) in [4.78, 5) is 20.7. The van der Waals surface area contributed by atoms with E-state index in [2.05, 4.69) is 0 Å². The summed E-state index contributed by atoms with van der Waals surface area (Å²) in [5.74, 6) is -0.323. The van der Waals surface area contributed by atoms with Crippen LogP contribution < -0.4 is 0 Å². The minimum Gasteiger partial charge on any atom is -0.397 e. The first kappa shape index (κ1) is 9.79. The van der Waals surface area contributed by atoms with Crippen molar-refractivity contribution in [3.63, 3.8) is 0 Å². The van der Waals surface area contributed by atoms with Gasteiger partial charge in [-0.25, -0.2) is 0 Å². The van der Waals surface area contributed by atoms with Gasteiger partial charge in [-0.1, -0.05) is 0 Å². The smallest absolute Gasteiger partial charge is 0.397 e. The molecule has 0 saturated heterocycles. The Morgan fingerprint density at radius 2 is 2.38 bits per heavy atom. The molecule has 6 heteroatoms. The van der Waals surface area contributed by atoms with Gasteiger partial charge < -0.3 is 4.42 Å². The van der Waals surface area contributed by atoms with Gasteiger partial charge in [-0.15, -0.1) is 0 Å². The highest BCUT2D eigenvalue weighted by molar-refractivity contribution is 7.99. The second kappa shape index (κ2) is 4.08. The summed E-state index contributed by atoms with van der Waals surface area (Å²) in [6, 6.07) is 2.49. The van der Waals surface area contributed by atoms with Gasteiger partial charge in [0.2, 0.25) is 5.78 Å². The van der Waals surface area contributed by atoms with E-state index in [9.17, 15) is 14.9 Å².